The van der Waals surface area contributed by atoms with E-state index in [4.69, 9.17) is 47.4 Å². The largest absolute Gasteiger partial charge is 0.494 e. The van der Waals surface area contributed by atoms with Crippen LogP contribution in [0.1, 0.15) is 142 Å². The van der Waals surface area contributed by atoms with Gasteiger partial charge in [0.25, 0.3) is 0 Å². The van der Waals surface area contributed by atoms with Crippen molar-refractivity contribution in [3.8, 4) is 46.0 Å². The van der Waals surface area contributed by atoms with E-state index in [1.165, 1.54) is 71.2 Å². The minimum Gasteiger partial charge on any atom is -0.494 e. The Morgan fingerprint density at radius 2 is 0.651 bits per heavy atom. The maximum absolute atomic E-state index is 13.6. The maximum atomic E-state index is 13.6. The zero-order valence-corrected chi connectivity index (χ0v) is 60.0. The van der Waals surface area contributed by atoms with E-state index >= 15 is 0 Å². The van der Waals surface area contributed by atoms with Gasteiger partial charge in [-0.3, -0.25) is 10.9 Å². The number of hydrogen-bond donors (Lipinski definition) is 2. The number of carbonyl (C=O) groups is 6. The molecule has 8 aromatic carbocycles. The quantitative estimate of drug-likeness (QED) is 0.00897. The standard InChI is InChI=1S/C82H80N6O16S2/c1-3-75(89)99-51-21-11-9-19-47-95-63-35-27-57(28-36-63)77(91)101-65-39-31-59(32-40-65)79(93)103-71-45-43-67(53-61(71)55-83-87-81-85-69-23-13-15-25-73(69)105-81)97-49-17-7-5-6-8-18-50-98-68-44-46-72(62(54-68)56-84-88-82-86-70-24-14-16-26-74(70)106-82)104-80(94)60-33-41-66(42-34-60)102-78(92)58-29-37-64(38-30-58)96-48-20-10-12-22-52-100-76(90)4-2/h3-4,13-16,23-46,53-56H,1-2,5-12,17-22,47-52H2,(H,85,87)(H,86,88)/b83-55+,84-56+. The van der Waals surface area contributed by atoms with E-state index in [0.717, 1.165) is 122 Å². The molecule has 546 valence electrons. The predicted octanol–water partition coefficient (Wildman–Crippen LogP) is 17.8. The Hall–Kier alpha value is -12.0. The normalized spacial score (nSPS) is 11.1. The summed E-state index contributed by atoms with van der Waals surface area (Å²) in [4.78, 5) is 84.9. The first-order chi connectivity index (χ1) is 51.9. The third-order valence-electron chi connectivity index (χ3n) is 16.0. The fraction of sp³-hybridized carbons (Fsp3) is 0.244. The van der Waals surface area contributed by atoms with Gasteiger partial charge in [-0.15, -0.1) is 0 Å². The lowest BCUT2D eigenvalue weighted by molar-refractivity contribution is -0.138. The Morgan fingerprint density at radius 3 is 1.00 bits per heavy atom. The number of para-hydroxylation sites is 2. The summed E-state index contributed by atoms with van der Waals surface area (Å²) < 4.78 is 59.1. The molecule has 0 amide bonds. The second kappa shape index (κ2) is 41.3. The number of unbranched alkanes of at least 4 members (excludes halogenated alkanes) is 11. The molecule has 2 heterocycles. The molecule has 0 aliphatic heterocycles. The molecule has 0 spiro atoms. The molecule has 0 unspecified atom stereocenters. The van der Waals surface area contributed by atoms with E-state index < -0.39 is 35.8 Å². The molecule has 0 saturated carbocycles. The summed E-state index contributed by atoms with van der Waals surface area (Å²) in [5.41, 5.74) is 9.71. The van der Waals surface area contributed by atoms with Crippen LogP contribution in [0.2, 0.25) is 0 Å². The molecule has 0 bridgehead atoms. The Bertz CT molecular complexity index is 4280. The second-order valence-corrected chi connectivity index (χ2v) is 25.9. The van der Waals surface area contributed by atoms with Gasteiger partial charge in [0.15, 0.2) is 0 Å². The van der Waals surface area contributed by atoms with Crippen LogP contribution in [0.15, 0.2) is 218 Å². The van der Waals surface area contributed by atoms with Crippen LogP contribution >= 0.6 is 22.7 Å². The molecule has 0 fully saturated rings. The van der Waals surface area contributed by atoms with Crippen molar-refractivity contribution < 1.29 is 76.1 Å². The first-order valence-corrected chi connectivity index (χ1v) is 36.5. The van der Waals surface area contributed by atoms with Crippen LogP contribution in [-0.2, 0) is 19.1 Å². The molecular weight excluding hydrogens is 1390 g/mol. The van der Waals surface area contributed by atoms with Gasteiger partial charge in [0.1, 0.15) is 46.0 Å². The van der Waals surface area contributed by atoms with Crippen LogP contribution in [0, 0.1) is 0 Å². The molecule has 10 aromatic rings. The van der Waals surface area contributed by atoms with Crippen LogP contribution in [-0.4, -0.2) is 97.9 Å². The maximum Gasteiger partial charge on any atom is 0.343 e. The zero-order valence-electron chi connectivity index (χ0n) is 58.3. The van der Waals surface area contributed by atoms with Crippen molar-refractivity contribution in [1.82, 2.24) is 9.97 Å². The summed E-state index contributed by atoms with van der Waals surface area (Å²) >= 11 is 2.91. The lowest BCUT2D eigenvalue weighted by atomic mass is 10.1. The molecule has 0 aliphatic rings. The molecule has 10 rings (SSSR count). The van der Waals surface area contributed by atoms with Gasteiger partial charge in [0.05, 0.1) is 94.8 Å². The van der Waals surface area contributed by atoms with Crippen molar-refractivity contribution in [3.05, 3.63) is 241 Å². The molecule has 2 N–H and O–H groups in total. The van der Waals surface area contributed by atoms with Crippen LogP contribution in [0.3, 0.4) is 0 Å². The highest BCUT2D eigenvalue weighted by atomic mass is 32.1. The number of aromatic nitrogens is 2. The molecular formula is C82H80N6O16S2. The number of rotatable bonds is 43. The average Bonchev–Trinajstić information content (AvgIpc) is 1.71. The highest BCUT2D eigenvalue weighted by Crippen LogP contribution is 2.31. The van der Waals surface area contributed by atoms with Gasteiger partial charge in [0, 0.05) is 23.3 Å². The number of nitrogens with zero attached hydrogens (tertiary/aromatic N) is 4. The summed E-state index contributed by atoms with van der Waals surface area (Å²) in [5.74, 6) is 0.0288. The fourth-order valence-electron chi connectivity index (χ4n) is 10.4. The number of esters is 6. The summed E-state index contributed by atoms with van der Waals surface area (Å²) in [6.07, 6.45) is 17.6. The molecule has 24 heteroatoms. The summed E-state index contributed by atoms with van der Waals surface area (Å²) in [6.45, 7) is 9.41. The van der Waals surface area contributed by atoms with Gasteiger partial charge in [0.2, 0.25) is 10.3 Å². The van der Waals surface area contributed by atoms with Crippen molar-refractivity contribution in [2.75, 3.05) is 50.5 Å². The first-order valence-electron chi connectivity index (χ1n) is 34.9. The first kappa shape index (κ1) is 76.6. The van der Waals surface area contributed by atoms with Gasteiger partial charge in [-0.05, 0) is 222 Å². The summed E-state index contributed by atoms with van der Waals surface area (Å²) in [6, 6.07) is 51.3. The SMILES string of the molecule is C=CC(=O)OCCCCCCOc1ccc(C(=O)Oc2ccc(C(=O)Oc3ccc(OCCCCCCCCOc4ccc(OC(=O)c5ccc(OC(=O)c6ccc(OCCCCCCOC(=O)C=C)cc6)cc5)c(/C=N/Nc5nc6ccccc6s5)c4)cc3/C=N/Nc3nc4ccccc4s3)cc2)cc1. The van der Waals surface area contributed by atoms with Gasteiger partial charge in [-0.1, -0.05) is 85.8 Å². The number of thiazole rings is 2. The molecule has 2 aromatic heterocycles. The number of fused-ring (bicyclic) bond motifs is 2. The molecule has 106 heavy (non-hydrogen) atoms. The fourth-order valence-corrected chi connectivity index (χ4v) is 12.0. The van der Waals surface area contributed by atoms with Crippen LogP contribution in [0.25, 0.3) is 20.4 Å². The van der Waals surface area contributed by atoms with Gasteiger partial charge in [-0.25, -0.2) is 38.7 Å². The molecule has 0 aliphatic carbocycles. The predicted molar refractivity (Wildman–Crippen MR) is 409 cm³/mol. The van der Waals surface area contributed by atoms with Crippen molar-refractivity contribution in [2.45, 2.75) is 89.9 Å². The van der Waals surface area contributed by atoms with E-state index in [1.54, 1.807) is 97.4 Å². The monoisotopic (exact) mass is 1470 g/mol. The Morgan fingerprint density at radius 1 is 0.349 bits per heavy atom. The van der Waals surface area contributed by atoms with E-state index in [2.05, 4.69) is 44.2 Å². The summed E-state index contributed by atoms with van der Waals surface area (Å²) in [5, 5.41) is 10.1. The van der Waals surface area contributed by atoms with Gasteiger partial charge >= 0.3 is 35.8 Å². The number of nitrogens with one attached hydrogen (secondary N) is 2. The number of ether oxygens (including phenoxy) is 10. The minimum atomic E-state index is -0.641. The molecule has 0 radical (unpaired) electrons. The van der Waals surface area contributed by atoms with Crippen molar-refractivity contribution in [1.29, 1.82) is 0 Å². The highest BCUT2D eigenvalue weighted by molar-refractivity contribution is 7.22. The third-order valence-corrected chi connectivity index (χ3v) is 17.9. The van der Waals surface area contributed by atoms with Crippen molar-refractivity contribution in [3.63, 3.8) is 0 Å². The Labute approximate surface area is 621 Å². The van der Waals surface area contributed by atoms with Gasteiger partial charge < -0.3 is 47.4 Å². The van der Waals surface area contributed by atoms with Crippen LogP contribution < -0.4 is 48.7 Å². The number of hydrazone groups is 2. The van der Waals surface area contributed by atoms with Gasteiger partial charge in [-0.2, -0.15) is 10.2 Å². The average molecular weight is 1470 g/mol. The minimum absolute atomic E-state index is 0.223. The zero-order chi connectivity index (χ0) is 73.9. The number of anilines is 2. The number of carbonyl (C=O) groups excluding carboxylic acids is 6. The Balaban J connectivity index is 0.659. The van der Waals surface area contributed by atoms with E-state index in [0.29, 0.717) is 95.2 Å². The Kier molecular flexibility index (Phi) is 29.9. The molecule has 22 nitrogen and oxygen atoms in total. The topological polar surface area (TPSA) is 269 Å². The molecule has 0 saturated heterocycles. The lowest BCUT2D eigenvalue weighted by Gasteiger charge is -2.12. The highest BCUT2D eigenvalue weighted by Gasteiger charge is 2.18. The lowest BCUT2D eigenvalue weighted by Crippen LogP contribution is -2.11. The van der Waals surface area contributed by atoms with E-state index in [1.807, 2.05) is 48.5 Å². The smallest absolute Gasteiger partial charge is 0.343 e. The third kappa shape index (κ3) is 24.9. The molecule has 0 atom stereocenters. The van der Waals surface area contributed by atoms with Crippen LogP contribution in [0.5, 0.6) is 46.0 Å². The number of hydrogen-bond acceptors (Lipinski definition) is 24. The summed E-state index contributed by atoms with van der Waals surface area (Å²) in [7, 11) is 0. The van der Waals surface area contributed by atoms with Crippen molar-refractivity contribution in [2.24, 2.45) is 10.2 Å². The van der Waals surface area contributed by atoms with E-state index in [9.17, 15) is 28.8 Å². The van der Waals surface area contributed by atoms with E-state index in [-0.39, 0.29) is 34.1 Å². The second-order valence-electron chi connectivity index (χ2n) is 23.9. The van der Waals surface area contributed by atoms with Crippen LogP contribution in [0.4, 0.5) is 10.3 Å². The van der Waals surface area contributed by atoms with Crippen molar-refractivity contribution >= 4 is 102 Å². The number of benzene rings is 8.